The number of carboxylic acids is 1. The Balaban J connectivity index is 2.05. The number of aliphatic carboxylic acids is 1. The normalized spacial score (nSPS) is 15.5. The molecule has 1 atom stereocenters. The molecule has 1 saturated carbocycles. The van der Waals surface area contributed by atoms with E-state index in [4.69, 9.17) is 9.84 Å². The van der Waals surface area contributed by atoms with Crippen LogP contribution < -0.4 is 10.1 Å². The highest BCUT2D eigenvalue weighted by molar-refractivity contribution is 5.98. The molecular weight excluding hydrogens is 282 g/mol. The molecule has 2 rings (SSSR count). The molecule has 1 amide bonds. The highest BCUT2D eigenvalue weighted by atomic mass is 16.5. The molecule has 5 heteroatoms. The summed E-state index contributed by atoms with van der Waals surface area (Å²) in [4.78, 5) is 23.5. The van der Waals surface area contributed by atoms with Crippen LogP contribution in [0.25, 0.3) is 0 Å². The van der Waals surface area contributed by atoms with Gasteiger partial charge in [-0.3, -0.25) is 4.79 Å². The molecule has 22 heavy (non-hydrogen) atoms. The van der Waals surface area contributed by atoms with Crippen LogP contribution in [0.1, 0.15) is 36.5 Å². The van der Waals surface area contributed by atoms with E-state index in [2.05, 4.69) is 5.32 Å². The SMILES string of the molecule is C/C=C/CC(NC(=O)c1ccccc1OCC1CC1)C(=O)O. The molecular formula is C17H21NO4. The number of para-hydroxylation sites is 1. The van der Waals surface area contributed by atoms with Crippen LogP contribution in [0.3, 0.4) is 0 Å². The Morgan fingerprint density at radius 3 is 2.77 bits per heavy atom. The van der Waals surface area contributed by atoms with Crippen molar-refractivity contribution in [2.24, 2.45) is 5.92 Å². The number of hydrogen-bond acceptors (Lipinski definition) is 3. The van der Waals surface area contributed by atoms with Gasteiger partial charge in [-0.25, -0.2) is 4.79 Å². The van der Waals surface area contributed by atoms with Gasteiger partial charge in [0, 0.05) is 0 Å². The number of carbonyl (C=O) groups excluding carboxylic acids is 1. The molecule has 5 nitrogen and oxygen atoms in total. The number of hydrogen-bond donors (Lipinski definition) is 2. The van der Waals surface area contributed by atoms with E-state index in [1.807, 2.05) is 6.92 Å². The highest BCUT2D eigenvalue weighted by Crippen LogP contribution is 2.30. The Labute approximate surface area is 130 Å². The zero-order valence-corrected chi connectivity index (χ0v) is 12.6. The molecule has 0 spiro atoms. The average molecular weight is 303 g/mol. The van der Waals surface area contributed by atoms with Crippen LogP contribution in [0.15, 0.2) is 36.4 Å². The van der Waals surface area contributed by atoms with E-state index in [9.17, 15) is 9.59 Å². The number of rotatable bonds is 8. The Kier molecular flexibility index (Phi) is 5.58. The Bertz CT molecular complexity index is 564. The van der Waals surface area contributed by atoms with E-state index in [0.717, 1.165) is 0 Å². The van der Waals surface area contributed by atoms with E-state index in [1.165, 1.54) is 12.8 Å². The summed E-state index contributed by atoms with van der Waals surface area (Å²) in [6.45, 7) is 2.41. The first kappa shape index (κ1) is 16.1. The Morgan fingerprint density at radius 1 is 1.41 bits per heavy atom. The van der Waals surface area contributed by atoms with Crippen molar-refractivity contribution in [2.45, 2.75) is 32.2 Å². The van der Waals surface area contributed by atoms with Crippen molar-refractivity contribution in [3.05, 3.63) is 42.0 Å². The van der Waals surface area contributed by atoms with Gasteiger partial charge in [-0.05, 0) is 44.2 Å². The van der Waals surface area contributed by atoms with Gasteiger partial charge in [0.25, 0.3) is 5.91 Å². The molecule has 1 aromatic carbocycles. The van der Waals surface area contributed by atoms with Crippen LogP contribution in [-0.2, 0) is 4.79 Å². The van der Waals surface area contributed by atoms with Gasteiger partial charge in [0.05, 0.1) is 12.2 Å². The van der Waals surface area contributed by atoms with E-state index < -0.39 is 17.9 Å². The fourth-order valence-corrected chi connectivity index (χ4v) is 2.00. The lowest BCUT2D eigenvalue weighted by Gasteiger charge is -2.15. The molecule has 0 saturated heterocycles. The second-order valence-corrected chi connectivity index (χ2v) is 5.42. The predicted molar refractivity (Wildman–Crippen MR) is 83.0 cm³/mol. The first-order valence-corrected chi connectivity index (χ1v) is 7.48. The summed E-state index contributed by atoms with van der Waals surface area (Å²) in [5.41, 5.74) is 0.370. The molecule has 1 fully saturated rings. The van der Waals surface area contributed by atoms with Gasteiger partial charge in [0.2, 0.25) is 0 Å². The van der Waals surface area contributed by atoms with Crippen molar-refractivity contribution in [3.8, 4) is 5.75 Å². The summed E-state index contributed by atoms with van der Waals surface area (Å²) < 4.78 is 5.68. The third-order valence-corrected chi connectivity index (χ3v) is 3.51. The van der Waals surface area contributed by atoms with Crippen molar-refractivity contribution in [3.63, 3.8) is 0 Å². The number of amides is 1. The van der Waals surface area contributed by atoms with Gasteiger partial charge in [-0.2, -0.15) is 0 Å². The lowest BCUT2D eigenvalue weighted by Crippen LogP contribution is -2.40. The number of carboxylic acid groups (broad SMARTS) is 1. The van der Waals surface area contributed by atoms with Crippen molar-refractivity contribution in [2.75, 3.05) is 6.61 Å². The zero-order valence-electron chi connectivity index (χ0n) is 12.6. The second-order valence-electron chi connectivity index (χ2n) is 5.42. The molecule has 1 aliphatic rings. The molecule has 118 valence electrons. The average Bonchev–Trinajstić information content (AvgIpc) is 3.33. The van der Waals surface area contributed by atoms with Gasteiger partial charge >= 0.3 is 5.97 Å². The number of benzene rings is 1. The summed E-state index contributed by atoms with van der Waals surface area (Å²) in [6.07, 6.45) is 6.06. The molecule has 0 bridgehead atoms. The summed E-state index contributed by atoms with van der Waals surface area (Å²) in [5.74, 6) is -0.397. The van der Waals surface area contributed by atoms with Crippen LogP contribution in [0.5, 0.6) is 5.75 Å². The predicted octanol–water partition coefficient (Wildman–Crippen LogP) is 2.62. The lowest BCUT2D eigenvalue weighted by atomic mass is 10.1. The fraction of sp³-hybridized carbons (Fsp3) is 0.412. The molecule has 0 aliphatic heterocycles. The molecule has 0 aromatic heterocycles. The van der Waals surface area contributed by atoms with E-state index in [1.54, 1.807) is 36.4 Å². The minimum Gasteiger partial charge on any atom is -0.492 e. The zero-order chi connectivity index (χ0) is 15.9. The quantitative estimate of drug-likeness (QED) is 0.724. The largest absolute Gasteiger partial charge is 0.492 e. The molecule has 0 heterocycles. The Hall–Kier alpha value is -2.30. The first-order valence-electron chi connectivity index (χ1n) is 7.48. The number of ether oxygens (including phenoxy) is 1. The number of nitrogens with one attached hydrogen (secondary N) is 1. The van der Waals surface area contributed by atoms with Crippen LogP contribution in [0.2, 0.25) is 0 Å². The molecule has 0 radical (unpaired) electrons. The maximum Gasteiger partial charge on any atom is 0.326 e. The van der Waals surface area contributed by atoms with Gasteiger partial charge in [-0.1, -0.05) is 24.3 Å². The maximum atomic E-state index is 12.3. The molecule has 1 aromatic rings. The van der Waals surface area contributed by atoms with Gasteiger partial charge in [0.15, 0.2) is 0 Å². The van der Waals surface area contributed by atoms with Crippen LogP contribution in [0, 0.1) is 5.92 Å². The summed E-state index contributed by atoms with van der Waals surface area (Å²) >= 11 is 0. The first-order chi connectivity index (χ1) is 10.6. The third-order valence-electron chi connectivity index (χ3n) is 3.51. The van der Waals surface area contributed by atoms with Crippen molar-refractivity contribution >= 4 is 11.9 Å². The Morgan fingerprint density at radius 2 is 2.14 bits per heavy atom. The minimum absolute atomic E-state index is 0.253. The highest BCUT2D eigenvalue weighted by Gasteiger charge is 2.24. The molecule has 2 N–H and O–H groups in total. The standard InChI is InChI=1S/C17H21NO4/c1-2-3-7-14(17(20)21)18-16(19)13-6-4-5-8-15(13)22-11-12-9-10-12/h2-6,8,12,14H,7,9-11H2,1H3,(H,18,19)(H,20,21)/b3-2+. The van der Waals surface area contributed by atoms with Crippen LogP contribution >= 0.6 is 0 Å². The second kappa shape index (κ2) is 7.64. The smallest absolute Gasteiger partial charge is 0.326 e. The summed E-state index contributed by atoms with van der Waals surface area (Å²) in [7, 11) is 0. The summed E-state index contributed by atoms with van der Waals surface area (Å²) in [6, 6.07) is 5.97. The van der Waals surface area contributed by atoms with E-state index in [-0.39, 0.29) is 6.42 Å². The van der Waals surface area contributed by atoms with Gasteiger partial charge in [0.1, 0.15) is 11.8 Å². The monoisotopic (exact) mass is 303 g/mol. The lowest BCUT2D eigenvalue weighted by molar-refractivity contribution is -0.139. The van der Waals surface area contributed by atoms with Crippen molar-refractivity contribution < 1.29 is 19.4 Å². The van der Waals surface area contributed by atoms with Crippen LogP contribution in [0.4, 0.5) is 0 Å². The van der Waals surface area contributed by atoms with Gasteiger partial charge < -0.3 is 15.2 Å². The third kappa shape index (κ3) is 4.62. The van der Waals surface area contributed by atoms with Crippen molar-refractivity contribution in [1.82, 2.24) is 5.32 Å². The number of carbonyl (C=O) groups is 2. The van der Waals surface area contributed by atoms with E-state index in [0.29, 0.717) is 23.8 Å². The van der Waals surface area contributed by atoms with Crippen LogP contribution in [-0.4, -0.2) is 29.6 Å². The summed E-state index contributed by atoms with van der Waals surface area (Å²) in [5, 5.41) is 11.7. The topological polar surface area (TPSA) is 75.6 Å². The number of allylic oxidation sites excluding steroid dienone is 1. The van der Waals surface area contributed by atoms with Gasteiger partial charge in [-0.15, -0.1) is 0 Å². The van der Waals surface area contributed by atoms with Crippen molar-refractivity contribution in [1.29, 1.82) is 0 Å². The minimum atomic E-state index is -1.05. The molecule has 1 unspecified atom stereocenters. The fourth-order valence-electron chi connectivity index (χ4n) is 2.00. The maximum absolute atomic E-state index is 12.3. The molecule has 1 aliphatic carbocycles. The van der Waals surface area contributed by atoms with E-state index >= 15 is 0 Å².